The van der Waals surface area contributed by atoms with Crippen molar-refractivity contribution in [2.75, 3.05) is 5.73 Å². The van der Waals surface area contributed by atoms with Gasteiger partial charge in [-0.2, -0.15) is 0 Å². The largest absolute Gasteiger partial charge is 0.369 e. The quantitative estimate of drug-likeness (QED) is 0.788. The number of anilines is 1. The number of carbonyl (C=O) groups is 1. The molecule has 0 atom stereocenters. The van der Waals surface area contributed by atoms with Crippen LogP contribution in [0, 0.1) is 0 Å². The van der Waals surface area contributed by atoms with E-state index in [1.54, 1.807) is 10.8 Å². The van der Waals surface area contributed by atoms with E-state index < -0.39 is 5.91 Å². The zero-order valence-electron chi connectivity index (χ0n) is 8.63. The molecule has 5 nitrogen and oxygen atoms in total. The Hall–Kier alpha value is -2.30. The number of nitrogen functional groups attached to an aromatic ring is 1. The van der Waals surface area contributed by atoms with Gasteiger partial charge in [-0.25, -0.2) is 4.98 Å². The molecule has 1 heterocycles. The molecule has 0 saturated carbocycles. The fourth-order valence-electron chi connectivity index (χ4n) is 1.46. The van der Waals surface area contributed by atoms with Crippen molar-refractivity contribution in [3.63, 3.8) is 0 Å². The minimum absolute atomic E-state index is 0.188. The van der Waals surface area contributed by atoms with Gasteiger partial charge in [0.2, 0.25) is 5.95 Å². The smallest absolute Gasteiger partial charge is 0.268 e. The van der Waals surface area contributed by atoms with Crippen molar-refractivity contribution in [2.24, 2.45) is 5.73 Å². The van der Waals surface area contributed by atoms with Gasteiger partial charge in [0, 0.05) is 6.20 Å². The van der Waals surface area contributed by atoms with Crippen molar-refractivity contribution in [3.8, 4) is 0 Å². The summed E-state index contributed by atoms with van der Waals surface area (Å²) in [5.74, 6) is -0.281. The Morgan fingerprint density at radius 1 is 1.31 bits per heavy atom. The van der Waals surface area contributed by atoms with Gasteiger partial charge in [0.25, 0.3) is 5.91 Å². The minimum atomic E-state index is -0.571. The Kier molecular flexibility index (Phi) is 2.59. The van der Waals surface area contributed by atoms with Crippen molar-refractivity contribution in [1.82, 2.24) is 9.55 Å². The number of hydrogen-bond donors (Lipinski definition) is 2. The third kappa shape index (κ3) is 2.03. The predicted octanol–water partition coefficient (Wildman–Crippen LogP) is 0.613. The van der Waals surface area contributed by atoms with Gasteiger partial charge in [-0.1, -0.05) is 30.3 Å². The van der Waals surface area contributed by atoms with E-state index in [1.807, 2.05) is 30.3 Å². The summed E-state index contributed by atoms with van der Waals surface area (Å²) in [6.07, 6.45) is 1.56. The van der Waals surface area contributed by atoms with E-state index in [4.69, 9.17) is 11.5 Å². The summed E-state index contributed by atoms with van der Waals surface area (Å²) in [7, 11) is 0. The number of primary amides is 1. The van der Waals surface area contributed by atoms with Crippen LogP contribution < -0.4 is 11.5 Å². The predicted molar refractivity (Wildman–Crippen MR) is 60.7 cm³/mol. The van der Waals surface area contributed by atoms with Crippen LogP contribution in [0.3, 0.4) is 0 Å². The van der Waals surface area contributed by atoms with Crippen LogP contribution in [0.1, 0.15) is 16.1 Å². The molecule has 0 fully saturated rings. The molecule has 0 bridgehead atoms. The molecule has 5 heteroatoms. The minimum Gasteiger partial charge on any atom is -0.369 e. The number of benzene rings is 1. The van der Waals surface area contributed by atoms with Gasteiger partial charge in [0.1, 0.15) is 5.69 Å². The van der Waals surface area contributed by atoms with E-state index in [-0.39, 0.29) is 11.6 Å². The maximum absolute atomic E-state index is 10.9. The molecule has 0 aliphatic carbocycles. The second-order valence-corrected chi connectivity index (χ2v) is 3.46. The molecule has 0 saturated heterocycles. The van der Waals surface area contributed by atoms with Crippen molar-refractivity contribution in [1.29, 1.82) is 0 Å². The number of aromatic nitrogens is 2. The first-order valence-electron chi connectivity index (χ1n) is 4.83. The van der Waals surface area contributed by atoms with Crippen LogP contribution in [0.5, 0.6) is 0 Å². The van der Waals surface area contributed by atoms with Crippen LogP contribution >= 0.6 is 0 Å². The zero-order chi connectivity index (χ0) is 11.5. The van der Waals surface area contributed by atoms with Gasteiger partial charge in [-0.3, -0.25) is 4.79 Å². The monoisotopic (exact) mass is 216 g/mol. The Morgan fingerprint density at radius 3 is 2.56 bits per heavy atom. The topological polar surface area (TPSA) is 86.9 Å². The molecule has 1 aromatic heterocycles. The van der Waals surface area contributed by atoms with Gasteiger partial charge in [-0.15, -0.1) is 0 Å². The van der Waals surface area contributed by atoms with Crippen LogP contribution in [0.15, 0.2) is 36.5 Å². The Labute approximate surface area is 92.7 Å². The molecule has 1 aromatic carbocycles. The van der Waals surface area contributed by atoms with E-state index in [0.29, 0.717) is 6.54 Å². The number of hydrogen-bond acceptors (Lipinski definition) is 3. The maximum Gasteiger partial charge on any atom is 0.268 e. The third-order valence-corrected chi connectivity index (χ3v) is 2.26. The number of rotatable bonds is 3. The summed E-state index contributed by atoms with van der Waals surface area (Å²) < 4.78 is 1.69. The average molecular weight is 216 g/mol. The molecule has 82 valence electrons. The van der Waals surface area contributed by atoms with Crippen LogP contribution in [0.25, 0.3) is 0 Å². The number of amides is 1. The summed E-state index contributed by atoms with van der Waals surface area (Å²) >= 11 is 0. The molecule has 2 rings (SSSR count). The third-order valence-electron chi connectivity index (χ3n) is 2.26. The molecule has 0 unspecified atom stereocenters. The molecule has 0 aliphatic rings. The highest BCUT2D eigenvalue weighted by Crippen LogP contribution is 2.09. The molecule has 16 heavy (non-hydrogen) atoms. The standard InChI is InChI=1S/C11H12N4O/c12-10(16)9-7-15(11(13)14-9)6-8-4-2-1-3-5-8/h1-5,7H,6H2,(H2,12,16)(H2,13,14). The Balaban J connectivity index is 2.25. The van der Waals surface area contributed by atoms with Crippen molar-refractivity contribution >= 4 is 11.9 Å². The van der Waals surface area contributed by atoms with E-state index in [9.17, 15) is 4.79 Å². The number of nitrogens with zero attached hydrogens (tertiary/aromatic N) is 2. The van der Waals surface area contributed by atoms with Crippen molar-refractivity contribution in [2.45, 2.75) is 6.54 Å². The SMILES string of the molecule is NC(=O)c1cn(Cc2ccccc2)c(N)n1. The van der Waals surface area contributed by atoms with Gasteiger partial charge >= 0.3 is 0 Å². The Bertz CT molecular complexity index is 504. The lowest BCUT2D eigenvalue weighted by molar-refractivity contribution is 0.0996. The second kappa shape index (κ2) is 4.06. The lowest BCUT2D eigenvalue weighted by Gasteiger charge is -2.03. The van der Waals surface area contributed by atoms with E-state index >= 15 is 0 Å². The van der Waals surface area contributed by atoms with E-state index in [1.165, 1.54) is 0 Å². The lowest BCUT2D eigenvalue weighted by atomic mass is 10.2. The van der Waals surface area contributed by atoms with Crippen LogP contribution in [0.4, 0.5) is 5.95 Å². The molecule has 1 amide bonds. The molecule has 0 spiro atoms. The molecule has 0 radical (unpaired) electrons. The normalized spacial score (nSPS) is 10.2. The fourth-order valence-corrected chi connectivity index (χ4v) is 1.46. The van der Waals surface area contributed by atoms with Crippen LogP contribution in [-0.4, -0.2) is 15.5 Å². The van der Waals surface area contributed by atoms with Crippen LogP contribution in [0.2, 0.25) is 0 Å². The first kappa shape index (κ1) is 10.2. The van der Waals surface area contributed by atoms with Crippen molar-refractivity contribution in [3.05, 3.63) is 47.8 Å². The molecular formula is C11H12N4O. The lowest BCUT2D eigenvalue weighted by Crippen LogP contribution is -2.11. The summed E-state index contributed by atoms with van der Waals surface area (Å²) in [5, 5.41) is 0. The summed E-state index contributed by atoms with van der Waals surface area (Å²) in [6, 6.07) is 9.78. The molecular weight excluding hydrogens is 204 g/mol. The van der Waals surface area contributed by atoms with Crippen molar-refractivity contribution < 1.29 is 4.79 Å². The van der Waals surface area contributed by atoms with E-state index in [0.717, 1.165) is 5.56 Å². The van der Waals surface area contributed by atoms with Gasteiger partial charge in [0.15, 0.2) is 0 Å². The first-order chi connectivity index (χ1) is 7.66. The maximum atomic E-state index is 10.9. The summed E-state index contributed by atoms with van der Waals surface area (Å²) in [5.41, 5.74) is 12.1. The molecule has 0 aliphatic heterocycles. The molecule has 2 aromatic rings. The fraction of sp³-hybridized carbons (Fsp3) is 0.0909. The summed E-state index contributed by atoms with van der Waals surface area (Å²) in [6.45, 7) is 0.576. The second-order valence-electron chi connectivity index (χ2n) is 3.46. The highest BCUT2D eigenvalue weighted by Gasteiger charge is 2.09. The zero-order valence-corrected chi connectivity index (χ0v) is 8.63. The first-order valence-corrected chi connectivity index (χ1v) is 4.83. The summed E-state index contributed by atoms with van der Waals surface area (Å²) in [4.78, 5) is 14.8. The Morgan fingerprint density at radius 2 is 2.00 bits per heavy atom. The van der Waals surface area contributed by atoms with Gasteiger partial charge in [0.05, 0.1) is 6.54 Å². The highest BCUT2D eigenvalue weighted by atomic mass is 16.1. The number of nitrogens with two attached hydrogens (primary N) is 2. The number of carbonyl (C=O) groups excluding carboxylic acids is 1. The molecule has 4 N–H and O–H groups in total. The average Bonchev–Trinajstić information content (AvgIpc) is 2.62. The highest BCUT2D eigenvalue weighted by molar-refractivity contribution is 5.90. The number of imidazole rings is 1. The van der Waals surface area contributed by atoms with E-state index in [2.05, 4.69) is 4.98 Å². The van der Waals surface area contributed by atoms with Gasteiger partial charge in [-0.05, 0) is 5.56 Å². The van der Waals surface area contributed by atoms with Gasteiger partial charge < -0.3 is 16.0 Å². The van der Waals surface area contributed by atoms with Crippen LogP contribution in [-0.2, 0) is 6.54 Å².